The third kappa shape index (κ3) is 9.65. The average Bonchev–Trinajstić information content (AvgIpc) is 2.68. The first-order valence-corrected chi connectivity index (χ1v) is 10.7. The SMILES string of the molecule is Oc1ccc(CCCCCCCCCCCCCc2ccccc2)cc1. The molecule has 0 unspecified atom stereocenters. The van der Waals surface area contributed by atoms with Crippen molar-refractivity contribution < 1.29 is 5.11 Å². The second kappa shape index (κ2) is 13.4. The summed E-state index contributed by atoms with van der Waals surface area (Å²) in [7, 11) is 0. The van der Waals surface area contributed by atoms with E-state index in [0.717, 1.165) is 6.42 Å². The molecule has 0 fully saturated rings. The second-order valence-electron chi connectivity index (χ2n) is 7.54. The Balaban J connectivity index is 1.31. The predicted molar refractivity (Wildman–Crippen MR) is 113 cm³/mol. The molecule has 1 heteroatoms. The highest BCUT2D eigenvalue weighted by atomic mass is 16.3. The van der Waals surface area contributed by atoms with Crippen molar-refractivity contribution in [1.82, 2.24) is 0 Å². The molecule has 2 aromatic rings. The van der Waals surface area contributed by atoms with E-state index in [1.54, 1.807) is 12.1 Å². The molecule has 0 aromatic heterocycles. The summed E-state index contributed by atoms with van der Waals surface area (Å²) < 4.78 is 0. The summed E-state index contributed by atoms with van der Waals surface area (Å²) in [5.41, 5.74) is 2.83. The highest BCUT2D eigenvalue weighted by Crippen LogP contribution is 2.15. The van der Waals surface area contributed by atoms with Gasteiger partial charge in [-0.25, -0.2) is 0 Å². The average molecular weight is 353 g/mol. The Hall–Kier alpha value is -1.76. The number of phenols is 1. The third-order valence-corrected chi connectivity index (χ3v) is 5.21. The van der Waals surface area contributed by atoms with Crippen LogP contribution in [0.1, 0.15) is 81.8 Å². The van der Waals surface area contributed by atoms with Crippen molar-refractivity contribution in [2.45, 2.75) is 83.5 Å². The standard InChI is InChI=1S/C25H36O/c26-25-21-19-24(20-22-25)18-12-9-7-5-3-1-2-4-6-8-11-15-23-16-13-10-14-17-23/h10,13-14,16-17,19-22,26H,1-9,11-12,15,18H2. The Morgan fingerprint density at radius 3 is 1.27 bits per heavy atom. The molecular formula is C25H36O. The van der Waals surface area contributed by atoms with Crippen LogP contribution in [0, 0.1) is 0 Å². The van der Waals surface area contributed by atoms with Crippen molar-refractivity contribution in [3.05, 3.63) is 65.7 Å². The van der Waals surface area contributed by atoms with Gasteiger partial charge >= 0.3 is 0 Å². The number of rotatable bonds is 14. The summed E-state index contributed by atoms with van der Waals surface area (Å²) in [4.78, 5) is 0. The number of benzene rings is 2. The summed E-state index contributed by atoms with van der Waals surface area (Å²) in [5, 5.41) is 9.28. The molecule has 0 bridgehead atoms. The van der Waals surface area contributed by atoms with Gasteiger partial charge in [-0.2, -0.15) is 0 Å². The second-order valence-corrected chi connectivity index (χ2v) is 7.54. The van der Waals surface area contributed by atoms with Gasteiger partial charge in [0.1, 0.15) is 5.75 Å². The molecule has 0 saturated heterocycles. The smallest absolute Gasteiger partial charge is 0.115 e. The predicted octanol–water partition coefficient (Wildman–Crippen LogP) is 7.47. The fourth-order valence-electron chi connectivity index (χ4n) is 3.56. The van der Waals surface area contributed by atoms with Gasteiger partial charge in [0.25, 0.3) is 0 Å². The van der Waals surface area contributed by atoms with Crippen molar-refractivity contribution in [2.75, 3.05) is 0 Å². The molecule has 0 aliphatic carbocycles. The maximum atomic E-state index is 9.28. The highest BCUT2D eigenvalue weighted by molar-refractivity contribution is 5.25. The maximum Gasteiger partial charge on any atom is 0.115 e. The minimum absolute atomic E-state index is 0.366. The van der Waals surface area contributed by atoms with Crippen molar-refractivity contribution in [3.8, 4) is 5.75 Å². The number of unbranched alkanes of at least 4 members (excludes halogenated alkanes) is 10. The van der Waals surface area contributed by atoms with Crippen molar-refractivity contribution >= 4 is 0 Å². The van der Waals surface area contributed by atoms with Crippen LogP contribution >= 0.6 is 0 Å². The van der Waals surface area contributed by atoms with Gasteiger partial charge in [-0.05, 0) is 48.9 Å². The zero-order valence-corrected chi connectivity index (χ0v) is 16.3. The van der Waals surface area contributed by atoms with Gasteiger partial charge in [-0.15, -0.1) is 0 Å². The third-order valence-electron chi connectivity index (χ3n) is 5.21. The lowest BCUT2D eigenvalue weighted by atomic mass is 10.0. The lowest BCUT2D eigenvalue weighted by Gasteiger charge is -2.04. The van der Waals surface area contributed by atoms with Gasteiger partial charge in [0.05, 0.1) is 0 Å². The van der Waals surface area contributed by atoms with Crippen LogP contribution in [0.2, 0.25) is 0 Å². The van der Waals surface area contributed by atoms with E-state index in [2.05, 4.69) is 30.3 Å². The van der Waals surface area contributed by atoms with E-state index in [4.69, 9.17) is 0 Å². The number of hydrogen-bond acceptors (Lipinski definition) is 1. The number of aryl methyl sites for hydroxylation is 2. The summed E-state index contributed by atoms with van der Waals surface area (Å²) in [6.07, 6.45) is 17.5. The van der Waals surface area contributed by atoms with Crippen molar-refractivity contribution in [3.63, 3.8) is 0 Å². The van der Waals surface area contributed by atoms with Crippen molar-refractivity contribution in [2.24, 2.45) is 0 Å². The van der Waals surface area contributed by atoms with Crippen LogP contribution in [0.3, 0.4) is 0 Å². The molecule has 26 heavy (non-hydrogen) atoms. The minimum atomic E-state index is 0.366. The topological polar surface area (TPSA) is 20.2 Å². The molecule has 0 radical (unpaired) electrons. The van der Waals surface area contributed by atoms with E-state index < -0.39 is 0 Å². The summed E-state index contributed by atoms with van der Waals surface area (Å²) >= 11 is 0. The van der Waals surface area contributed by atoms with Crippen LogP contribution in [0.15, 0.2) is 54.6 Å². The maximum absolute atomic E-state index is 9.28. The molecule has 1 nitrogen and oxygen atoms in total. The lowest BCUT2D eigenvalue weighted by molar-refractivity contribution is 0.475. The van der Waals surface area contributed by atoms with Gasteiger partial charge in [-0.1, -0.05) is 100 Å². The molecule has 0 atom stereocenters. The largest absolute Gasteiger partial charge is 0.508 e. The molecular weight excluding hydrogens is 316 g/mol. The monoisotopic (exact) mass is 352 g/mol. The van der Waals surface area contributed by atoms with Gasteiger partial charge in [0.2, 0.25) is 0 Å². The van der Waals surface area contributed by atoms with Gasteiger partial charge in [0.15, 0.2) is 0 Å². The number of aromatic hydroxyl groups is 1. The Bertz CT molecular complexity index is 558. The van der Waals surface area contributed by atoms with Crippen LogP contribution in [0.5, 0.6) is 5.75 Å². The lowest BCUT2D eigenvalue weighted by Crippen LogP contribution is -1.87. The van der Waals surface area contributed by atoms with E-state index >= 15 is 0 Å². The zero-order chi connectivity index (χ0) is 18.3. The van der Waals surface area contributed by atoms with E-state index in [9.17, 15) is 5.11 Å². The zero-order valence-electron chi connectivity index (χ0n) is 16.3. The van der Waals surface area contributed by atoms with Crippen LogP contribution in [0.4, 0.5) is 0 Å². The summed E-state index contributed by atoms with van der Waals surface area (Å²) in [6, 6.07) is 18.5. The molecule has 0 spiro atoms. The molecule has 0 saturated carbocycles. The molecule has 2 aromatic carbocycles. The first-order valence-electron chi connectivity index (χ1n) is 10.7. The van der Waals surface area contributed by atoms with Gasteiger partial charge < -0.3 is 5.11 Å². The fourth-order valence-corrected chi connectivity index (χ4v) is 3.56. The van der Waals surface area contributed by atoms with Crippen LogP contribution < -0.4 is 0 Å². The van der Waals surface area contributed by atoms with Crippen LogP contribution in [-0.4, -0.2) is 5.11 Å². The molecule has 142 valence electrons. The molecule has 2 rings (SSSR count). The molecule has 0 aliphatic rings. The Morgan fingerprint density at radius 2 is 0.808 bits per heavy atom. The first kappa shape index (κ1) is 20.6. The van der Waals surface area contributed by atoms with Crippen molar-refractivity contribution in [1.29, 1.82) is 0 Å². The molecule has 0 amide bonds. The molecule has 1 N–H and O–H groups in total. The Labute approximate surface area is 160 Å². The van der Waals surface area contributed by atoms with E-state index in [1.165, 1.54) is 88.2 Å². The van der Waals surface area contributed by atoms with Gasteiger partial charge in [0, 0.05) is 0 Å². The first-order chi connectivity index (χ1) is 12.8. The quantitative estimate of drug-likeness (QED) is 0.350. The fraction of sp³-hybridized carbons (Fsp3) is 0.520. The normalized spacial score (nSPS) is 10.9. The van der Waals surface area contributed by atoms with E-state index in [-0.39, 0.29) is 0 Å². The van der Waals surface area contributed by atoms with Crippen LogP contribution in [0.25, 0.3) is 0 Å². The van der Waals surface area contributed by atoms with E-state index in [1.807, 2.05) is 12.1 Å². The van der Waals surface area contributed by atoms with Gasteiger partial charge in [-0.3, -0.25) is 0 Å². The van der Waals surface area contributed by atoms with Crippen LogP contribution in [-0.2, 0) is 12.8 Å². The summed E-state index contributed by atoms with van der Waals surface area (Å²) in [6.45, 7) is 0. The molecule has 0 aliphatic heterocycles. The Kier molecular flexibility index (Phi) is 10.6. The molecule has 0 heterocycles. The van der Waals surface area contributed by atoms with E-state index in [0.29, 0.717) is 5.75 Å². The Morgan fingerprint density at radius 1 is 0.423 bits per heavy atom. The summed E-state index contributed by atoms with van der Waals surface area (Å²) in [5.74, 6) is 0.366. The number of hydrogen-bond donors (Lipinski definition) is 1. The highest BCUT2D eigenvalue weighted by Gasteiger charge is 1.96. The number of phenolic OH excluding ortho intramolecular Hbond substituents is 1. The minimum Gasteiger partial charge on any atom is -0.508 e.